The van der Waals surface area contributed by atoms with Crippen LogP contribution in [-0.4, -0.2) is 15.7 Å². The fraction of sp³-hybridized carbons (Fsp3) is 0.350. The third-order valence-corrected chi connectivity index (χ3v) is 6.05. The molecule has 1 saturated carbocycles. The Morgan fingerprint density at radius 2 is 2.04 bits per heavy atom. The lowest BCUT2D eigenvalue weighted by Gasteiger charge is -2.24. The summed E-state index contributed by atoms with van der Waals surface area (Å²) >= 11 is 1.67. The third-order valence-electron chi connectivity index (χ3n) is 5.09. The van der Waals surface area contributed by atoms with Gasteiger partial charge in [-0.15, -0.1) is 11.3 Å². The number of hydrogen-bond acceptors (Lipinski definition) is 4. The number of benzene rings is 1. The highest BCUT2D eigenvalue weighted by Gasteiger charge is 2.28. The zero-order valence-electron chi connectivity index (χ0n) is 14.4. The molecular formula is C20H21N3O2S. The molecule has 1 amide bonds. The standard InChI is InChI=1S/C20H21N3O2S/c24-18(13-23-20(25)16-9-4-3-8-15(16)12-21-23)22-19(14-6-1-2-7-14)17-10-5-11-26-17/h3-5,8-12,14,19H,1-2,6-7,13H2,(H,22,24)/t19-/m0/s1. The zero-order valence-corrected chi connectivity index (χ0v) is 15.2. The summed E-state index contributed by atoms with van der Waals surface area (Å²) < 4.78 is 1.25. The van der Waals surface area contributed by atoms with E-state index in [9.17, 15) is 9.59 Å². The first-order valence-corrected chi connectivity index (χ1v) is 9.88. The number of fused-ring (bicyclic) bond motifs is 1. The van der Waals surface area contributed by atoms with Gasteiger partial charge in [-0.3, -0.25) is 9.59 Å². The van der Waals surface area contributed by atoms with Crippen molar-refractivity contribution in [1.82, 2.24) is 15.1 Å². The van der Waals surface area contributed by atoms with E-state index in [2.05, 4.69) is 16.5 Å². The van der Waals surface area contributed by atoms with Crippen LogP contribution < -0.4 is 10.9 Å². The summed E-state index contributed by atoms with van der Waals surface area (Å²) in [6.45, 7) is -0.0573. The molecule has 2 heterocycles. The van der Waals surface area contributed by atoms with Crippen molar-refractivity contribution >= 4 is 28.0 Å². The molecule has 0 aliphatic heterocycles. The zero-order chi connectivity index (χ0) is 17.9. The molecule has 1 aromatic carbocycles. The number of rotatable bonds is 5. The van der Waals surface area contributed by atoms with Crippen LogP contribution in [0.15, 0.2) is 52.8 Å². The Kier molecular flexibility index (Phi) is 4.84. The molecule has 1 atom stereocenters. The van der Waals surface area contributed by atoms with Crippen molar-refractivity contribution in [1.29, 1.82) is 0 Å². The lowest BCUT2D eigenvalue weighted by Crippen LogP contribution is -2.37. The van der Waals surface area contributed by atoms with Crippen LogP contribution in [0.3, 0.4) is 0 Å². The van der Waals surface area contributed by atoms with Crippen LogP contribution in [0.5, 0.6) is 0 Å². The average Bonchev–Trinajstić information content (AvgIpc) is 3.36. The SMILES string of the molecule is O=C(Cn1ncc2ccccc2c1=O)N[C@H](c1cccs1)C1CCCC1. The maximum Gasteiger partial charge on any atom is 0.275 e. The lowest BCUT2D eigenvalue weighted by atomic mass is 9.96. The van der Waals surface area contributed by atoms with Crippen LogP contribution in [0.2, 0.25) is 0 Å². The van der Waals surface area contributed by atoms with Gasteiger partial charge in [-0.1, -0.05) is 37.1 Å². The van der Waals surface area contributed by atoms with Crippen molar-refractivity contribution in [2.24, 2.45) is 5.92 Å². The smallest absolute Gasteiger partial charge is 0.275 e. The number of aromatic nitrogens is 2. The van der Waals surface area contributed by atoms with Crippen LogP contribution in [0.4, 0.5) is 0 Å². The second-order valence-electron chi connectivity index (χ2n) is 6.80. The minimum Gasteiger partial charge on any atom is -0.347 e. The van der Waals surface area contributed by atoms with Gasteiger partial charge in [0.05, 0.1) is 17.6 Å². The number of thiophene rings is 1. The van der Waals surface area contributed by atoms with Gasteiger partial charge in [-0.25, -0.2) is 4.68 Å². The quantitative estimate of drug-likeness (QED) is 0.751. The number of nitrogens with zero attached hydrogens (tertiary/aromatic N) is 2. The molecule has 1 aliphatic carbocycles. The molecule has 2 aromatic heterocycles. The molecule has 1 N–H and O–H groups in total. The fourth-order valence-corrected chi connectivity index (χ4v) is 4.65. The highest BCUT2D eigenvalue weighted by atomic mass is 32.1. The molecule has 26 heavy (non-hydrogen) atoms. The second kappa shape index (κ2) is 7.41. The van der Waals surface area contributed by atoms with E-state index in [1.165, 1.54) is 22.4 Å². The number of carbonyl (C=O) groups is 1. The maximum atomic E-state index is 12.7. The van der Waals surface area contributed by atoms with Crippen LogP contribution in [-0.2, 0) is 11.3 Å². The highest BCUT2D eigenvalue weighted by Crippen LogP contribution is 2.37. The normalized spacial score (nSPS) is 16.0. The van der Waals surface area contributed by atoms with Crippen LogP contribution in [0, 0.1) is 5.92 Å². The van der Waals surface area contributed by atoms with E-state index in [1.807, 2.05) is 29.6 Å². The molecule has 1 aliphatic rings. The summed E-state index contributed by atoms with van der Waals surface area (Å²) in [5.41, 5.74) is -0.230. The van der Waals surface area contributed by atoms with Crippen LogP contribution in [0.1, 0.15) is 36.6 Å². The first-order valence-electron chi connectivity index (χ1n) is 9.00. The Balaban J connectivity index is 1.54. The molecule has 6 heteroatoms. The van der Waals surface area contributed by atoms with Gasteiger partial charge in [0.2, 0.25) is 5.91 Å². The van der Waals surface area contributed by atoms with Crippen LogP contribution >= 0.6 is 11.3 Å². The lowest BCUT2D eigenvalue weighted by molar-refractivity contribution is -0.123. The molecule has 0 bridgehead atoms. The van der Waals surface area contributed by atoms with Crippen LogP contribution in [0.25, 0.3) is 10.8 Å². The summed E-state index contributed by atoms with van der Waals surface area (Å²) in [5.74, 6) is 0.305. The Morgan fingerprint density at radius 1 is 1.23 bits per heavy atom. The van der Waals surface area contributed by atoms with Gasteiger partial charge in [-0.2, -0.15) is 5.10 Å². The molecule has 0 saturated heterocycles. The van der Waals surface area contributed by atoms with Gasteiger partial charge in [0, 0.05) is 10.3 Å². The Labute approximate surface area is 155 Å². The topological polar surface area (TPSA) is 64.0 Å². The predicted octanol–water partition coefficient (Wildman–Crippen LogP) is 3.51. The van der Waals surface area contributed by atoms with E-state index >= 15 is 0 Å². The van der Waals surface area contributed by atoms with Crippen molar-refractivity contribution < 1.29 is 4.79 Å². The molecule has 0 spiro atoms. The second-order valence-corrected chi connectivity index (χ2v) is 7.78. The summed E-state index contributed by atoms with van der Waals surface area (Å²) in [7, 11) is 0. The summed E-state index contributed by atoms with van der Waals surface area (Å²) in [6, 6.07) is 11.4. The van der Waals surface area contributed by atoms with E-state index < -0.39 is 0 Å². The van der Waals surface area contributed by atoms with Crippen molar-refractivity contribution in [3.05, 3.63) is 63.2 Å². The summed E-state index contributed by atoms with van der Waals surface area (Å²) in [5, 5.41) is 10.7. The molecule has 0 radical (unpaired) electrons. The predicted molar refractivity (Wildman–Crippen MR) is 103 cm³/mol. The minimum absolute atomic E-state index is 0.0289. The first-order chi connectivity index (χ1) is 12.7. The maximum absolute atomic E-state index is 12.7. The number of carbonyl (C=O) groups excluding carboxylic acids is 1. The molecule has 134 valence electrons. The number of amides is 1. The summed E-state index contributed by atoms with van der Waals surface area (Å²) in [4.78, 5) is 26.4. The van der Waals surface area contributed by atoms with Crippen molar-refractivity contribution in [3.63, 3.8) is 0 Å². The van der Waals surface area contributed by atoms with E-state index in [4.69, 9.17) is 0 Å². The minimum atomic E-state index is -0.230. The average molecular weight is 367 g/mol. The monoisotopic (exact) mass is 367 g/mol. The Hall–Kier alpha value is -2.47. The van der Waals surface area contributed by atoms with Crippen molar-refractivity contribution in [2.45, 2.75) is 38.3 Å². The number of hydrogen-bond donors (Lipinski definition) is 1. The van der Waals surface area contributed by atoms with Crippen molar-refractivity contribution in [3.8, 4) is 0 Å². The van der Waals surface area contributed by atoms with Gasteiger partial charge in [0.1, 0.15) is 6.54 Å². The van der Waals surface area contributed by atoms with E-state index in [0.29, 0.717) is 11.3 Å². The number of nitrogens with one attached hydrogen (secondary N) is 1. The third kappa shape index (κ3) is 3.42. The van der Waals surface area contributed by atoms with E-state index in [1.54, 1.807) is 23.6 Å². The Morgan fingerprint density at radius 3 is 2.81 bits per heavy atom. The van der Waals surface area contributed by atoms with Crippen molar-refractivity contribution in [2.75, 3.05) is 0 Å². The van der Waals surface area contributed by atoms with Gasteiger partial charge in [-0.05, 0) is 36.3 Å². The van der Waals surface area contributed by atoms with Gasteiger partial charge in [0.25, 0.3) is 5.56 Å². The van der Waals surface area contributed by atoms with Gasteiger partial charge >= 0.3 is 0 Å². The van der Waals surface area contributed by atoms with Gasteiger partial charge < -0.3 is 5.32 Å². The largest absolute Gasteiger partial charge is 0.347 e. The molecule has 1 fully saturated rings. The van der Waals surface area contributed by atoms with E-state index in [-0.39, 0.29) is 24.1 Å². The molecular weight excluding hydrogens is 346 g/mol. The molecule has 0 unspecified atom stereocenters. The molecule has 4 rings (SSSR count). The fourth-order valence-electron chi connectivity index (χ4n) is 3.78. The van der Waals surface area contributed by atoms with Gasteiger partial charge in [0.15, 0.2) is 0 Å². The molecule has 3 aromatic rings. The first kappa shape index (κ1) is 17.0. The highest BCUT2D eigenvalue weighted by molar-refractivity contribution is 7.10. The molecule has 5 nitrogen and oxygen atoms in total. The summed E-state index contributed by atoms with van der Waals surface area (Å²) in [6.07, 6.45) is 6.34. The Bertz CT molecular complexity index is 959. The van der Waals surface area contributed by atoms with E-state index in [0.717, 1.165) is 18.2 Å².